The van der Waals surface area contributed by atoms with Crippen molar-refractivity contribution in [3.05, 3.63) is 77.1 Å². The third-order valence-electron chi connectivity index (χ3n) is 5.25. The zero-order valence-electron chi connectivity index (χ0n) is 18.3. The van der Waals surface area contributed by atoms with Gasteiger partial charge in [-0.2, -0.15) is 0 Å². The number of carbonyl (C=O) groups is 4. The Kier molecular flexibility index (Phi) is 6.01. The smallest absolute Gasteiger partial charge is 0.336 e. The van der Waals surface area contributed by atoms with Crippen LogP contribution in [0.5, 0.6) is 5.75 Å². The number of carbonyl (C=O) groups excluding carboxylic acids is 3. The number of aromatic carboxylic acids is 1. The number of para-hydroxylation sites is 2. The molecule has 0 atom stereocenters. The van der Waals surface area contributed by atoms with E-state index in [9.17, 15) is 24.3 Å². The highest BCUT2D eigenvalue weighted by Gasteiger charge is 2.38. The maximum Gasteiger partial charge on any atom is 0.336 e. The number of urea groups is 1. The highest BCUT2D eigenvalue weighted by Crippen LogP contribution is 2.32. The summed E-state index contributed by atoms with van der Waals surface area (Å²) in [6.45, 7) is 3.75. The van der Waals surface area contributed by atoms with Crippen LogP contribution < -0.4 is 15.0 Å². The SMILES string of the molecule is CCOc1ccccc1N1C(=O)NC(=O)/C(=C\c2ccc(-c3cccc(C(=O)O)c3C)o2)C1=O. The van der Waals surface area contributed by atoms with Crippen molar-refractivity contribution in [2.24, 2.45) is 0 Å². The molecule has 34 heavy (non-hydrogen) atoms. The molecule has 2 aromatic carbocycles. The predicted molar refractivity (Wildman–Crippen MR) is 122 cm³/mol. The molecule has 4 amide bonds. The molecule has 1 saturated heterocycles. The largest absolute Gasteiger partial charge is 0.492 e. The first-order chi connectivity index (χ1) is 16.3. The fourth-order valence-electron chi connectivity index (χ4n) is 3.65. The standard InChI is InChI=1S/C25H20N2O7/c1-3-33-21-10-5-4-9-19(21)27-23(29)18(22(28)26-25(27)32)13-15-11-12-20(34-15)16-7-6-8-17(14(16)2)24(30)31/h4-13H,3H2,1-2H3,(H,30,31)(H,26,28,32)/b18-13+. The summed E-state index contributed by atoms with van der Waals surface area (Å²) in [7, 11) is 0. The molecule has 1 aliphatic rings. The van der Waals surface area contributed by atoms with E-state index in [-0.39, 0.29) is 22.6 Å². The van der Waals surface area contributed by atoms with Crippen molar-refractivity contribution in [3.8, 4) is 17.1 Å². The van der Waals surface area contributed by atoms with Crippen LogP contribution in [0.1, 0.15) is 28.6 Å². The molecule has 0 spiro atoms. The minimum absolute atomic E-state index is 0.137. The summed E-state index contributed by atoms with van der Waals surface area (Å²) in [6, 6.07) is 13.6. The zero-order chi connectivity index (χ0) is 24.4. The van der Waals surface area contributed by atoms with Crippen molar-refractivity contribution in [2.75, 3.05) is 11.5 Å². The molecular formula is C25H20N2O7. The lowest BCUT2D eigenvalue weighted by atomic mass is 10.0. The lowest BCUT2D eigenvalue weighted by Crippen LogP contribution is -2.54. The van der Waals surface area contributed by atoms with Crippen molar-refractivity contribution < 1.29 is 33.4 Å². The summed E-state index contributed by atoms with van der Waals surface area (Å²) >= 11 is 0. The molecule has 1 aliphatic heterocycles. The Labute approximate surface area is 194 Å². The summed E-state index contributed by atoms with van der Waals surface area (Å²) in [5, 5.41) is 11.5. The van der Waals surface area contributed by atoms with Gasteiger partial charge in [0, 0.05) is 5.56 Å². The lowest BCUT2D eigenvalue weighted by Gasteiger charge is -2.27. The Morgan fingerprint density at radius 3 is 2.59 bits per heavy atom. The highest BCUT2D eigenvalue weighted by molar-refractivity contribution is 6.39. The van der Waals surface area contributed by atoms with Crippen LogP contribution in [-0.2, 0) is 9.59 Å². The fraction of sp³-hybridized carbons (Fsp3) is 0.120. The Balaban J connectivity index is 1.70. The van der Waals surface area contributed by atoms with E-state index in [0.717, 1.165) is 4.90 Å². The summed E-state index contributed by atoms with van der Waals surface area (Å²) in [6.07, 6.45) is 1.24. The minimum atomic E-state index is -1.06. The maximum absolute atomic E-state index is 13.2. The van der Waals surface area contributed by atoms with Crippen LogP contribution in [-0.4, -0.2) is 35.5 Å². The van der Waals surface area contributed by atoms with Crippen LogP contribution in [0.25, 0.3) is 17.4 Å². The monoisotopic (exact) mass is 460 g/mol. The van der Waals surface area contributed by atoms with E-state index >= 15 is 0 Å². The second kappa shape index (κ2) is 9.07. The third kappa shape index (κ3) is 4.06. The number of barbiturate groups is 1. The molecule has 3 aromatic rings. The van der Waals surface area contributed by atoms with Gasteiger partial charge in [-0.1, -0.05) is 24.3 Å². The fourth-order valence-corrected chi connectivity index (χ4v) is 3.65. The number of nitrogens with one attached hydrogen (secondary N) is 1. The molecule has 9 heteroatoms. The molecule has 4 rings (SSSR count). The van der Waals surface area contributed by atoms with E-state index in [2.05, 4.69) is 5.32 Å². The number of anilines is 1. The van der Waals surface area contributed by atoms with Gasteiger partial charge in [0.1, 0.15) is 22.8 Å². The van der Waals surface area contributed by atoms with E-state index in [1.165, 1.54) is 12.1 Å². The number of hydrogen-bond acceptors (Lipinski definition) is 6. The van der Waals surface area contributed by atoms with Gasteiger partial charge in [-0.25, -0.2) is 14.5 Å². The van der Waals surface area contributed by atoms with Crippen LogP contribution in [0.3, 0.4) is 0 Å². The minimum Gasteiger partial charge on any atom is -0.492 e. The quantitative estimate of drug-likeness (QED) is 0.420. The molecule has 0 unspecified atom stereocenters. The van der Waals surface area contributed by atoms with Gasteiger partial charge in [-0.05, 0) is 55.8 Å². The Hall–Kier alpha value is -4.66. The third-order valence-corrected chi connectivity index (χ3v) is 5.25. The molecule has 9 nitrogen and oxygen atoms in total. The van der Waals surface area contributed by atoms with Gasteiger partial charge in [0.15, 0.2) is 0 Å². The van der Waals surface area contributed by atoms with E-state index in [4.69, 9.17) is 9.15 Å². The van der Waals surface area contributed by atoms with Gasteiger partial charge < -0.3 is 14.3 Å². The predicted octanol–water partition coefficient (Wildman–Crippen LogP) is 4.02. The number of hydrogen-bond donors (Lipinski definition) is 2. The molecule has 1 aromatic heterocycles. The molecule has 0 aliphatic carbocycles. The summed E-state index contributed by atoms with van der Waals surface area (Å²) in [5.41, 5.74) is 1.11. The highest BCUT2D eigenvalue weighted by atomic mass is 16.5. The van der Waals surface area contributed by atoms with Gasteiger partial charge in [0.05, 0.1) is 17.9 Å². The van der Waals surface area contributed by atoms with E-state index in [1.54, 1.807) is 62.4 Å². The van der Waals surface area contributed by atoms with Gasteiger partial charge in [0.25, 0.3) is 11.8 Å². The van der Waals surface area contributed by atoms with Crippen molar-refractivity contribution in [1.82, 2.24) is 5.32 Å². The van der Waals surface area contributed by atoms with E-state index < -0.39 is 23.8 Å². The van der Waals surface area contributed by atoms with Gasteiger partial charge in [-0.15, -0.1) is 0 Å². The number of amides is 4. The Bertz CT molecular complexity index is 1350. The number of rotatable bonds is 6. The number of nitrogens with zero attached hydrogens (tertiary/aromatic N) is 1. The number of benzene rings is 2. The van der Waals surface area contributed by atoms with E-state index in [0.29, 0.717) is 29.2 Å². The summed E-state index contributed by atoms with van der Waals surface area (Å²) in [4.78, 5) is 50.4. The molecule has 0 radical (unpaired) electrons. The van der Waals surface area contributed by atoms with Crippen LogP contribution >= 0.6 is 0 Å². The first kappa shape index (κ1) is 22.5. The molecule has 0 bridgehead atoms. The van der Waals surface area contributed by atoms with Gasteiger partial charge in [0.2, 0.25) is 0 Å². The number of ether oxygens (including phenoxy) is 1. The Morgan fingerprint density at radius 1 is 1.09 bits per heavy atom. The van der Waals surface area contributed by atoms with Crippen LogP contribution in [0.4, 0.5) is 10.5 Å². The van der Waals surface area contributed by atoms with Crippen LogP contribution in [0.15, 0.2) is 64.6 Å². The van der Waals surface area contributed by atoms with Gasteiger partial charge >= 0.3 is 12.0 Å². The number of imide groups is 2. The molecule has 2 heterocycles. The molecule has 2 N–H and O–H groups in total. The second-order valence-electron chi connectivity index (χ2n) is 7.34. The number of carboxylic acids is 1. The number of furan rings is 1. The molecule has 0 saturated carbocycles. The second-order valence-corrected chi connectivity index (χ2v) is 7.34. The average Bonchev–Trinajstić information content (AvgIpc) is 3.26. The van der Waals surface area contributed by atoms with Crippen molar-refractivity contribution in [2.45, 2.75) is 13.8 Å². The van der Waals surface area contributed by atoms with E-state index in [1.807, 2.05) is 0 Å². The average molecular weight is 460 g/mol. The van der Waals surface area contributed by atoms with Crippen LogP contribution in [0.2, 0.25) is 0 Å². The van der Waals surface area contributed by atoms with Crippen molar-refractivity contribution in [1.29, 1.82) is 0 Å². The molecule has 1 fully saturated rings. The molecule has 172 valence electrons. The first-order valence-electron chi connectivity index (χ1n) is 10.4. The lowest BCUT2D eigenvalue weighted by molar-refractivity contribution is -0.122. The maximum atomic E-state index is 13.2. The summed E-state index contributed by atoms with van der Waals surface area (Å²) in [5.74, 6) is -1.89. The van der Waals surface area contributed by atoms with Crippen molar-refractivity contribution in [3.63, 3.8) is 0 Å². The van der Waals surface area contributed by atoms with Crippen LogP contribution in [0, 0.1) is 6.92 Å². The first-order valence-corrected chi connectivity index (χ1v) is 10.4. The topological polar surface area (TPSA) is 126 Å². The Morgan fingerprint density at radius 2 is 1.85 bits per heavy atom. The van der Waals surface area contributed by atoms with Crippen molar-refractivity contribution >= 4 is 35.6 Å². The molecular weight excluding hydrogens is 440 g/mol. The summed E-state index contributed by atoms with van der Waals surface area (Å²) < 4.78 is 11.3. The van der Waals surface area contributed by atoms with Gasteiger partial charge in [-0.3, -0.25) is 14.9 Å². The normalized spacial score (nSPS) is 14.9. The zero-order valence-corrected chi connectivity index (χ0v) is 18.3. The number of carboxylic acid groups (broad SMARTS) is 1.